The van der Waals surface area contributed by atoms with E-state index < -0.39 is 27.8 Å². The number of hydrogen-bond donors (Lipinski definition) is 1. The number of ketones is 1. The van der Waals surface area contributed by atoms with E-state index in [1.807, 2.05) is 31.2 Å². The molecule has 0 aliphatic carbocycles. The number of benzene rings is 2. The van der Waals surface area contributed by atoms with E-state index in [4.69, 9.17) is 4.74 Å². The van der Waals surface area contributed by atoms with Gasteiger partial charge in [0, 0.05) is 44.8 Å². The summed E-state index contributed by atoms with van der Waals surface area (Å²) in [6, 6.07) is 12.7. The van der Waals surface area contributed by atoms with Gasteiger partial charge in [-0.25, -0.2) is 8.42 Å². The van der Waals surface area contributed by atoms with Crippen LogP contribution in [0.2, 0.25) is 0 Å². The third-order valence-corrected chi connectivity index (χ3v) is 9.65. The monoisotopic (exact) mass is 553 g/mol. The lowest BCUT2D eigenvalue weighted by Crippen LogP contribution is -2.38. The number of amides is 1. The molecule has 0 spiro atoms. The van der Waals surface area contributed by atoms with Crippen LogP contribution in [0.5, 0.6) is 0 Å². The van der Waals surface area contributed by atoms with E-state index in [2.05, 4.69) is 4.90 Å². The first kappa shape index (κ1) is 27.5. The molecule has 0 radical (unpaired) electrons. The third kappa shape index (κ3) is 5.65. The van der Waals surface area contributed by atoms with Crippen molar-refractivity contribution >= 4 is 27.5 Å². The molecule has 3 saturated heterocycles. The molecule has 1 N–H and O–H groups in total. The van der Waals surface area contributed by atoms with Crippen molar-refractivity contribution in [2.45, 2.75) is 37.1 Å². The van der Waals surface area contributed by atoms with Gasteiger partial charge in [-0.05, 0) is 56.0 Å². The summed E-state index contributed by atoms with van der Waals surface area (Å²) in [4.78, 5) is 30.5. The number of aliphatic hydroxyl groups is 1. The second-order valence-electron chi connectivity index (χ2n) is 10.3. The van der Waals surface area contributed by atoms with Crippen molar-refractivity contribution in [3.8, 4) is 0 Å². The number of sulfonamides is 1. The van der Waals surface area contributed by atoms with Gasteiger partial charge < -0.3 is 14.7 Å². The SMILES string of the molecule is Cc1ccc(C2C(=C(O)c3ccc(S(=O)(=O)N4CCCC4)cc3)C(=O)C(=O)N2CCCN2CCOCC2)cc1. The molecule has 0 bridgehead atoms. The molecule has 0 saturated carbocycles. The Morgan fingerprint density at radius 2 is 1.56 bits per heavy atom. The van der Waals surface area contributed by atoms with Crippen LogP contribution in [-0.2, 0) is 24.3 Å². The summed E-state index contributed by atoms with van der Waals surface area (Å²) in [6.45, 7) is 7.14. The molecule has 1 amide bonds. The Balaban J connectivity index is 1.45. The summed E-state index contributed by atoms with van der Waals surface area (Å²) >= 11 is 0. The summed E-state index contributed by atoms with van der Waals surface area (Å²) in [5.74, 6) is -1.68. The first-order valence-corrected chi connectivity index (χ1v) is 15.0. The van der Waals surface area contributed by atoms with Gasteiger partial charge in [0.25, 0.3) is 11.7 Å². The molecule has 5 rings (SSSR count). The lowest BCUT2D eigenvalue weighted by atomic mass is 9.94. The van der Waals surface area contributed by atoms with Crippen molar-refractivity contribution in [1.29, 1.82) is 0 Å². The Bertz CT molecular complexity index is 1340. The minimum Gasteiger partial charge on any atom is -0.507 e. The van der Waals surface area contributed by atoms with Crippen LogP contribution in [0.4, 0.5) is 0 Å². The van der Waals surface area contributed by atoms with E-state index in [1.165, 1.54) is 28.6 Å². The van der Waals surface area contributed by atoms with Crippen LogP contribution < -0.4 is 0 Å². The second-order valence-corrected chi connectivity index (χ2v) is 12.3. The fourth-order valence-corrected chi connectivity index (χ4v) is 7.03. The van der Waals surface area contributed by atoms with Crippen LogP contribution in [0.15, 0.2) is 59.0 Å². The molecule has 0 aromatic heterocycles. The number of Topliss-reactive ketones (excluding diaryl/α,β-unsaturated/α-hetero) is 1. The lowest BCUT2D eigenvalue weighted by molar-refractivity contribution is -0.140. The van der Waals surface area contributed by atoms with Crippen LogP contribution in [0.25, 0.3) is 5.76 Å². The van der Waals surface area contributed by atoms with Gasteiger partial charge >= 0.3 is 0 Å². The molecule has 3 aliphatic heterocycles. The van der Waals surface area contributed by atoms with Gasteiger partial charge in [0.2, 0.25) is 10.0 Å². The molecule has 2 aromatic rings. The number of aliphatic hydroxyl groups excluding tert-OH is 1. The largest absolute Gasteiger partial charge is 0.507 e. The molecular weight excluding hydrogens is 518 g/mol. The molecule has 1 atom stereocenters. The van der Waals surface area contributed by atoms with Gasteiger partial charge in [0.05, 0.1) is 29.7 Å². The Morgan fingerprint density at radius 1 is 0.923 bits per heavy atom. The number of nitrogens with zero attached hydrogens (tertiary/aromatic N) is 3. The smallest absolute Gasteiger partial charge is 0.295 e. The molecule has 3 heterocycles. The maximum Gasteiger partial charge on any atom is 0.295 e. The van der Waals surface area contributed by atoms with Crippen molar-refractivity contribution in [2.24, 2.45) is 0 Å². The summed E-state index contributed by atoms with van der Waals surface area (Å²) < 4.78 is 32.7. The van der Waals surface area contributed by atoms with Crippen molar-refractivity contribution in [3.63, 3.8) is 0 Å². The molecule has 208 valence electrons. The van der Waals surface area contributed by atoms with Crippen LogP contribution in [0.1, 0.15) is 42.0 Å². The van der Waals surface area contributed by atoms with E-state index in [-0.39, 0.29) is 16.2 Å². The Morgan fingerprint density at radius 3 is 2.21 bits per heavy atom. The number of likely N-dealkylation sites (tertiary alicyclic amines) is 1. The van der Waals surface area contributed by atoms with Crippen molar-refractivity contribution in [3.05, 3.63) is 70.8 Å². The fourth-order valence-electron chi connectivity index (χ4n) is 5.51. The fraction of sp³-hybridized carbons (Fsp3) is 0.448. The van der Waals surface area contributed by atoms with Gasteiger partial charge in [-0.15, -0.1) is 0 Å². The van der Waals surface area contributed by atoms with Gasteiger partial charge in [0.15, 0.2) is 0 Å². The summed E-state index contributed by atoms with van der Waals surface area (Å²) in [5.41, 5.74) is 2.09. The van der Waals surface area contributed by atoms with E-state index in [1.54, 1.807) is 4.90 Å². The predicted octanol–water partition coefficient (Wildman–Crippen LogP) is 2.92. The highest BCUT2D eigenvalue weighted by atomic mass is 32.2. The molecule has 10 heteroatoms. The van der Waals surface area contributed by atoms with Crippen molar-refractivity contribution in [2.75, 3.05) is 52.5 Å². The summed E-state index contributed by atoms with van der Waals surface area (Å²) in [7, 11) is -3.61. The van der Waals surface area contributed by atoms with Crippen LogP contribution in [-0.4, -0.2) is 91.8 Å². The molecule has 9 nitrogen and oxygen atoms in total. The first-order chi connectivity index (χ1) is 18.8. The van der Waals surface area contributed by atoms with Gasteiger partial charge in [-0.3, -0.25) is 14.5 Å². The highest BCUT2D eigenvalue weighted by molar-refractivity contribution is 7.89. The predicted molar refractivity (Wildman–Crippen MR) is 146 cm³/mol. The normalized spacial score (nSPS) is 22.6. The highest BCUT2D eigenvalue weighted by Gasteiger charge is 2.45. The topological polar surface area (TPSA) is 107 Å². The number of carbonyl (C=O) groups is 2. The molecular formula is C29H35N3O6S. The van der Waals surface area contributed by atoms with E-state index in [0.717, 1.165) is 43.6 Å². The number of rotatable bonds is 8. The molecule has 39 heavy (non-hydrogen) atoms. The maximum atomic E-state index is 13.3. The van der Waals surface area contributed by atoms with Gasteiger partial charge in [0.1, 0.15) is 5.76 Å². The van der Waals surface area contributed by atoms with Crippen LogP contribution >= 0.6 is 0 Å². The average molecular weight is 554 g/mol. The zero-order chi connectivity index (χ0) is 27.6. The Kier molecular flexibility index (Phi) is 8.18. The number of ether oxygens (including phenoxy) is 1. The number of hydrogen-bond acceptors (Lipinski definition) is 7. The summed E-state index contributed by atoms with van der Waals surface area (Å²) in [6.07, 6.45) is 2.35. The number of aryl methyl sites for hydroxylation is 1. The lowest BCUT2D eigenvalue weighted by Gasteiger charge is -2.29. The van der Waals surface area contributed by atoms with Gasteiger partial charge in [-0.1, -0.05) is 29.8 Å². The number of morpholine rings is 1. The van der Waals surface area contributed by atoms with Crippen LogP contribution in [0, 0.1) is 6.92 Å². The minimum absolute atomic E-state index is 0.0189. The molecule has 3 fully saturated rings. The minimum atomic E-state index is -3.61. The second kappa shape index (κ2) is 11.6. The van der Waals surface area contributed by atoms with E-state index in [0.29, 0.717) is 44.8 Å². The first-order valence-electron chi connectivity index (χ1n) is 13.5. The Hall–Kier alpha value is -3.05. The van der Waals surface area contributed by atoms with Crippen molar-refractivity contribution < 1.29 is 27.9 Å². The number of carbonyl (C=O) groups excluding carboxylic acids is 2. The quantitative estimate of drug-likeness (QED) is 0.304. The van der Waals surface area contributed by atoms with E-state index >= 15 is 0 Å². The molecule has 2 aromatic carbocycles. The maximum absolute atomic E-state index is 13.3. The Labute approximate surface area is 229 Å². The summed E-state index contributed by atoms with van der Waals surface area (Å²) in [5, 5.41) is 11.3. The standard InChI is InChI=1S/C29H35N3O6S/c1-21-5-7-22(8-6-21)26-25(28(34)29(35)32(26)16-4-13-30-17-19-38-20-18-30)27(33)23-9-11-24(12-10-23)39(36,37)31-14-2-3-15-31/h5-12,26,33H,2-4,13-20H2,1H3. The van der Waals surface area contributed by atoms with Gasteiger partial charge in [-0.2, -0.15) is 4.31 Å². The molecule has 1 unspecified atom stereocenters. The average Bonchev–Trinajstić information content (AvgIpc) is 3.58. The zero-order valence-electron chi connectivity index (χ0n) is 22.2. The van der Waals surface area contributed by atoms with E-state index in [9.17, 15) is 23.1 Å². The van der Waals surface area contributed by atoms with Crippen LogP contribution in [0.3, 0.4) is 0 Å². The van der Waals surface area contributed by atoms with Crippen molar-refractivity contribution in [1.82, 2.24) is 14.1 Å². The highest BCUT2D eigenvalue weighted by Crippen LogP contribution is 2.39. The third-order valence-electron chi connectivity index (χ3n) is 7.74. The molecule has 3 aliphatic rings. The zero-order valence-corrected chi connectivity index (χ0v) is 23.0.